The summed E-state index contributed by atoms with van der Waals surface area (Å²) >= 11 is 0. The highest BCUT2D eigenvalue weighted by atomic mass is 16.6. The van der Waals surface area contributed by atoms with E-state index in [4.69, 9.17) is 10.5 Å². The van der Waals surface area contributed by atoms with Crippen LogP contribution in [0.15, 0.2) is 24.3 Å². The van der Waals surface area contributed by atoms with E-state index in [-0.39, 0.29) is 0 Å². The van der Waals surface area contributed by atoms with Crippen LogP contribution in [-0.4, -0.2) is 23.2 Å². The van der Waals surface area contributed by atoms with E-state index in [1.54, 1.807) is 18.2 Å². The minimum absolute atomic E-state index is 0.380. The van der Waals surface area contributed by atoms with Gasteiger partial charge in [0.2, 0.25) is 0 Å². The van der Waals surface area contributed by atoms with Crippen LogP contribution >= 0.6 is 0 Å². The number of nitrogens with one attached hydrogen (secondary N) is 1. The summed E-state index contributed by atoms with van der Waals surface area (Å²) in [7, 11) is 0. The molecule has 0 atom stereocenters. The van der Waals surface area contributed by atoms with Crippen LogP contribution in [0.3, 0.4) is 0 Å². The van der Waals surface area contributed by atoms with Gasteiger partial charge in [-0.25, -0.2) is 9.78 Å². The van der Waals surface area contributed by atoms with Crippen molar-refractivity contribution in [1.29, 1.82) is 0 Å². The van der Waals surface area contributed by atoms with Crippen LogP contribution in [0, 0.1) is 0 Å². The average Bonchev–Trinajstić information content (AvgIpc) is 2.22. The van der Waals surface area contributed by atoms with Gasteiger partial charge in [0.05, 0.1) is 5.69 Å². The van der Waals surface area contributed by atoms with Gasteiger partial charge in [0.25, 0.3) is 0 Å². The lowest BCUT2D eigenvalue weighted by Gasteiger charge is -2.19. The van der Waals surface area contributed by atoms with E-state index < -0.39 is 11.7 Å². The lowest BCUT2D eigenvalue weighted by molar-refractivity contribution is 0.0534. The molecule has 98 valence electrons. The summed E-state index contributed by atoms with van der Waals surface area (Å²) in [5, 5.41) is 2.62. The number of aromatic nitrogens is 1. The third-order valence-corrected chi connectivity index (χ3v) is 1.84. The fourth-order valence-corrected chi connectivity index (χ4v) is 1.20. The summed E-state index contributed by atoms with van der Waals surface area (Å²) < 4.78 is 5.09. The zero-order valence-corrected chi connectivity index (χ0v) is 10.9. The number of nitrogens with two attached hydrogens (primary N) is 1. The average molecular weight is 249 g/mol. The normalized spacial score (nSPS) is 11.5. The molecule has 0 unspecified atom stereocenters. The van der Waals surface area contributed by atoms with Crippen molar-refractivity contribution < 1.29 is 9.53 Å². The topological polar surface area (TPSA) is 77.2 Å². The largest absolute Gasteiger partial charge is 0.444 e. The van der Waals surface area contributed by atoms with Gasteiger partial charge >= 0.3 is 6.09 Å². The third kappa shape index (κ3) is 5.89. The molecule has 0 radical (unpaired) electrons. The van der Waals surface area contributed by atoms with Crippen molar-refractivity contribution in [3.05, 3.63) is 30.0 Å². The Bertz CT molecular complexity index is 436. The van der Waals surface area contributed by atoms with Crippen molar-refractivity contribution in [2.45, 2.75) is 26.4 Å². The number of nitrogen functional groups attached to an aromatic ring is 1. The smallest absolute Gasteiger partial charge is 0.407 e. The summed E-state index contributed by atoms with van der Waals surface area (Å²) in [6.07, 6.45) is 3.13. The zero-order chi connectivity index (χ0) is 13.6. The number of carbonyl (C=O) groups is 1. The van der Waals surface area contributed by atoms with Crippen LogP contribution in [-0.2, 0) is 4.74 Å². The molecule has 3 N–H and O–H groups in total. The second kappa shape index (κ2) is 6.05. The Hall–Kier alpha value is -2.04. The number of alkyl carbamates (subject to hydrolysis) is 1. The fraction of sp³-hybridized carbons (Fsp3) is 0.385. The first-order chi connectivity index (χ1) is 8.37. The second-order valence-electron chi connectivity index (χ2n) is 4.77. The van der Waals surface area contributed by atoms with Gasteiger partial charge in [-0.05, 0) is 39.0 Å². The van der Waals surface area contributed by atoms with Crippen molar-refractivity contribution in [2.24, 2.45) is 0 Å². The van der Waals surface area contributed by atoms with E-state index in [0.717, 1.165) is 5.69 Å². The first-order valence-electron chi connectivity index (χ1n) is 5.73. The van der Waals surface area contributed by atoms with Crippen molar-refractivity contribution in [2.75, 3.05) is 12.3 Å². The molecule has 1 aromatic rings. The molecule has 0 aliphatic rings. The molecule has 0 aliphatic carbocycles. The molecule has 1 rings (SSSR count). The van der Waals surface area contributed by atoms with Crippen molar-refractivity contribution in [3.8, 4) is 0 Å². The number of nitrogens with zero attached hydrogens (tertiary/aromatic N) is 1. The van der Waals surface area contributed by atoms with E-state index in [2.05, 4.69) is 10.3 Å². The molecule has 5 heteroatoms. The summed E-state index contributed by atoms with van der Waals surface area (Å²) in [6, 6.07) is 5.37. The zero-order valence-electron chi connectivity index (χ0n) is 10.9. The number of hydrogen-bond acceptors (Lipinski definition) is 4. The quantitative estimate of drug-likeness (QED) is 0.861. The molecule has 1 heterocycles. The van der Waals surface area contributed by atoms with Gasteiger partial charge in [0.15, 0.2) is 0 Å². The van der Waals surface area contributed by atoms with E-state index in [1.165, 1.54) is 0 Å². The van der Waals surface area contributed by atoms with Crippen LogP contribution in [0.2, 0.25) is 0 Å². The maximum atomic E-state index is 11.3. The molecule has 0 saturated carbocycles. The Morgan fingerprint density at radius 2 is 2.22 bits per heavy atom. The summed E-state index contributed by atoms with van der Waals surface area (Å²) in [5.74, 6) is 0.470. The van der Waals surface area contributed by atoms with E-state index in [0.29, 0.717) is 12.4 Å². The number of hydrogen-bond donors (Lipinski definition) is 2. The molecule has 0 aromatic carbocycles. The standard InChI is InChI=1S/C13H19N3O2/c1-13(2,3)18-12(17)15-9-5-7-10-6-4-8-11(14)16-10/h4-8H,9H2,1-3H3,(H2,14,16)(H,15,17). The Kier molecular flexibility index (Phi) is 4.71. The molecule has 0 spiro atoms. The maximum Gasteiger partial charge on any atom is 0.407 e. The van der Waals surface area contributed by atoms with Crippen LogP contribution in [0.4, 0.5) is 10.6 Å². The van der Waals surface area contributed by atoms with Gasteiger partial charge in [-0.2, -0.15) is 0 Å². The minimum Gasteiger partial charge on any atom is -0.444 e. The van der Waals surface area contributed by atoms with Crippen molar-refractivity contribution in [1.82, 2.24) is 10.3 Å². The molecule has 18 heavy (non-hydrogen) atoms. The van der Waals surface area contributed by atoms with Gasteiger partial charge < -0.3 is 15.8 Å². The van der Waals surface area contributed by atoms with Gasteiger partial charge in [-0.15, -0.1) is 0 Å². The van der Waals surface area contributed by atoms with E-state index in [1.807, 2.05) is 32.9 Å². The van der Waals surface area contributed by atoms with Crippen LogP contribution in [0.5, 0.6) is 0 Å². The van der Waals surface area contributed by atoms with Crippen molar-refractivity contribution >= 4 is 18.0 Å². The molecule has 0 bridgehead atoms. The van der Waals surface area contributed by atoms with E-state index >= 15 is 0 Å². The number of pyridine rings is 1. The Balaban J connectivity index is 2.36. The third-order valence-electron chi connectivity index (χ3n) is 1.84. The molecule has 5 nitrogen and oxygen atoms in total. The summed E-state index contributed by atoms with van der Waals surface area (Å²) in [4.78, 5) is 15.4. The second-order valence-corrected chi connectivity index (χ2v) is 4.77. The van der Waals surface area contributed by atoms with Crippen molar-refractivity contribution in [3.63, 3.8) is 0 Å². The lowest BCUT2D eigenvalue weighted by atomic mass is 10.2. The number of rotatable bonds is 3. The first-order valence-corrected chi connectivity index (χ1v) is 5.73. The predicted molar refractivity (Wildman–Crippen MR) is 71.9 cm³/mol. The SMILES string of the molecule is CC(C)(C)OC(=O)NCC=Cc1cccc(N)n1. The van der Waals surface area contributed by atoms with Crippen LogP contribution in [0.25, 0.3) is 6.08 Å². The van der Waals surface area contributed by atoms with Gasteiger partial charge in [0.1, 0.15) is 11.4 Å². The van der Waals surface area contributed by atoms with Gasteiger partial charge in [0, 0.05) is 6.54 Å². The Morgan fingerprint density at radius 3 is 2.83 bits per heavy atom. The summed E-state index contributed by atoms with van der Waals surface area (Å²) in [6.45, 7) is 5.84. The van der Waals surface area contributed by atoms with Crippen LogP contribution < -0.4 is 11.1 Å². The van der Waals surface area contributed by atoms with Gasteiger partial charge in [-0.1, -0.05) is 12.1 Å². The van der Waals surface area contributed by atoms with E-state index in [9.17, 15) is 4.79 Å². The Morgan fingerprint density at radius 1 is 1.50 bits per heavy atom. The molecule has 0 saturated heterocycles. The highest BCUT2D eigenvalue weighted by Gasteiger charge is 2.14. The van der Waals surface area contributed by atoms with Gasteiger partial charge in [-0.3, -0.25) is 0 Å². The van der Waals surface area contributed by atoms with Crippen LogP contribution in [0.1, 0.15) is 26.5 Å². The Labute approximate surface area is 107 Å². The number of carbonyl (C=O) groups excluding carboxylic acids is 1. The molecule has 1 amide bonds. The molecule has 0 fully saturated rings. The number of ether oxygens (including phenoxy) is 1. The highest BCUT2D eigenvalue weighted by molar-refractivity contribution is 5.68. The molecule has 0 aliphatic heterocycles. The lowest BCUT2D eigenvalue weighted by Crippen LogP contribution is -2.32. The molecular weight excluding hydrogens is 230 g/mol. The molecular formula is C13H19N3O2. The monoisotopic (exact) mass is 249 g/mol. The first kappa shape index (κ1) is 14.0. The number of anilines is 1. The minimum atomic E-state index is -0.483. The predicted octanol–water partition coefficient (Wildman–Crippen LogP) is 2.20. The number of amides is 1. The molecule has 1 aromatic heterocycles. The summed E-state index contributed by atoms with van der Waals surface area (Å²) in [5.41, 5.74) is 5.81. The maximum absolute atomic E-state index is 11.3. The fourth-order valence-electron chi connectivity index (χ4n) is 1.20. The highest BCUT2D eigenvalue weighted by Crippen LogP contribution is 2.06.